The first-order valence-electron chi connectivity index (χ1n) is 11.1. The van der Waals surface area contributed by atoms with Gasteiger partial charge in [-0.2, -0.15) is 0 Å². The molecular weight excluding hydrogens is 382 g/mol. The number of nitrogens with zero attached hydrogens (tertiary/aromatic N) is 2. The summed E-state index contributed by atoms with van der Waals surface area (Å²) in [5.41, 5.74) is 0.978. The van der Waals surface area contributed by atoms with Gasteiger partial charge in [-0.15, -0.1) is 0 Å². The number of nitrogens with one attached hydrogen (secondary N) is 1. The van der Waals surface area contributed by atoms with Gasteiger partial charge >= 0.3 is 0 Å². The third-order valence-electron chi connectivity index (χ3n) is 6.25. The standard InChI is InChI=1S/C23H35N3O4/c1-18(27)25-12-7-20(8-13-25)26(21-9-15-30-16-10-21)14-11-24-23(28)17-19-3-5-22(29-2)6-4-19/h3-6,20-21H,7-17H2,1-2H3,(H,24,28). The molecule has 0 aliphatic carbocycles. The highest BCUT2D eigenvalue weighted by molar-refractivity contribution is 5.78. The van der Waals surface area contributed by atoms with Crippen LogP contribution in [0.1, 0.15) is 38.2 Å². The van der Waals surface area contributed by atoms with Crippen LogP contribution in [-0.4, -0.2) is 80.2 Å². The van der Waals surface area contributed by atoms with Gasteiger partial charge in [-0.25, -0.2) is 0 Å². The van der Waals surface area contributed by atoms with Crippen molar-refractivity contribution in [1.82, 2.24) is 15.1 Å². The summed E-state index contributed by atoms with van der Waals surface area (Å²) < 4.78 is 10.7. The van der Waals surface area contributed by atoms with Crippen LogP contribution in [0.5, 0.6) is 5.75 Å². The summed E-state index contributed by atoms with van der Waals surface area (Å²) >= 11 is 0. The maximum Gasteiger partial charge on any atom is 0.224 e. The third kappa shape index (κ3) is 6.44. The van der Waals surface area contributed by atoms with E-state index in [0.717, 1.165) is 69.8 Å². The Labute approximate surface area is 179 Å². The molecule has 1 aromatic carbocycles. The SMILES string of the molecule is COc1ccc(CC(=O)NCCN(C2CCOCC2)C2CCN(C(C)=O)CC2)cc1. The molecule has 30 heavy (non-hydrogen) atoms. The van der Waals surface area contributed by atoms with Crippen LogP contribution < -0.4 is 10.1 Å². The molecule has 1 N–H and O–H groups in total. The number of methoxy groups -OCH3 is 1. The van der Waals surface area contributed by atoms with Gasteiger partial charge in [0, 0.05) is 58.4 Å². The van der Waals surface area contributed by atoms with Crippen LogP contribution in [0.4, 0.5) is 0 Å². The molecule has 2 aliphatic rings. The molecule has 0 aromatic heterocycles. The average molecular weight is 418 g/mol. The largest absolute Gasteiger partial charge is 0.497 e. The summed E-state index contributed by atoms with van der Waals surface area (Å²) in [6.45, 7) is 6.37. The Kier molecular flexibility index (Phi) is 8.51. The lowest BCUT2D eigenvalue weighted by Crippen LogP contribution is -2.53. The van der Waals surface area contributed by atoms with E-state index in [1.54, 1.807) is 14.0 Å². The molecule has 2 aliphatic heterocycles. The topological polar surface area (TPSA) is 71.1 Å². The average Bonchev–Trinajstić information content (AvgIpc) is 2.78. The lowest BCUT2D eigenvalue weighted by atomic mass is 9.98. The Morgan fingerprint density at radius 2 is 1.73 bits per heavy atom. The van der Waals surface area contributed by atoms with E-state index in [4.69, 9.17) is 9.47 Å². The van der Waals surface area contributed by atoms with Gasteiger partial charge in [0.25, 0.3) is 0 Å². The van der Waals surface area contributed by atoms with Crippen molar-refractivity contribution in [1.29, 1.82) is 0 Å². The fourth-order valence-corrected chi connectivity index (χ4v) is 4.51. The summed E-state index contributed by atoms with van der Waals surface area (Å²) in [6.07, 6.45) is 4.44. The smallest absolute Gasteiger partial charge is 0.224 e. The van der Waals surface area contributed by atoms with Crippen LogP contribution >= 0.6 is 0 Å². The summed E-state index contributed by atoms with van der Waals surface area (Å²) in [5, 5.41) is 3.09. The van der Waals surface area contributed by atoms with Gasteiger partial charge in [0.05, 0.1) is 13.5 Å². The van der Waals surface area contributed by atoms with Crippen LogP contribution in [0, 0.1) is 0 Å². The molecule has 2 amide bonds. The predicted octanol–water partition coefficient (Wildman–Crippen LogP) is 1.85. The van der Waals surface area contributed by atoms with E-state index in [9.17, 15) is 9.59 Å². The van der Waals surface area contributed by atoms with E-state index in [1.807, 2.05) is 29.2 Å². The molecule has 3 rings (SSSR count). The lowest BCUT2D eigenvalue weighted by Gasteiger charge is -2.43. The molecule has 0 radical (unpaired) electrons. The van der Waals surface area contributed by atoms with Crippen LogP contribution in [-0.2, 0) is 20.7 Å². The zero-order valence-corrected chi connectivity index (χ0v) is 18.3. The van der Waals surface area contributed by atoms with Gasteiger partial charge in [0.2, 0.25) is 11.8 Å². The highest BCUT2D eigenvalue weighted by Crippen LogP contribution is 2.23. The molecule has 166 valence electrons. The van der Waals surface area contributed by atoms with Crippen molar-refractivity contribution < 1.29 is 19.1 Å². The molecule has 0 spiro atoms. The van der Waals surface area contributed by atoms with E-state index >= 15 is 0 Å². The highest BCUT2D eigenvalue weighted by Gasteiger charge is 2.31. The molecular formula is C23H35N3O4. The van der Waals surface area contributed by atoms with Crippen molar-refractivity contribution in [2.75, 3.05) is 46.5 Å². The van der Waals surface area contributed by atoms with Crippen molar-refractivity contribution in [2.24, 2.45) is 0 Å². The Hall–Kier alpha value is -2.12. The third-order valence-corrected chi connectivity index (χ3v) is 6.25. The first-order valence-corrected chi connectivity index (χ1v) is 11.1. The lowest BCUT2D eigenvalue weighted by molar-refractivity contribution is -0.130. The van der Waals surface area contributed by atoms with Gasteiger partial charge < -0.3 is 19.7 Å². The molecule has 7 heteroatoms. The number of rotatable bonds is 8. The predicted molar refractivity (Wildman–Crippen MR) is 116 cm³/mol. The molecule has 0 saturated carbocycles. The normalized spacial score (nSPS) is 18.4. The summed E-state index contributed by atoms with van der Waals surface area (Å²) in [7, 11) is 1.63. The van der Waals surface area contributed by atoms with Crippen LogP contribution in [0.15, 0.2) is 24.3 Å². The molecule has 2 saturated heterocycles. The second kappa shape index (κ2) is 11.3. The Balaban J connectivity index is 1.50. The van der Waals surface area contributed by atoms with Crippen molar-refractivity contribution in [3.05, 3.63) is 29.8 Å². The second-order valence-corrected chi connectivity index (χ2v) is 8.19. The zero-order chi connectivity index (χ0) is 21.3. The molecule has 0 unspecified atom stereocenters. The van der Waals surface area contributed by atoms with Crippen LogP contribution in [0.3, 0.4) is 0 Å². The minimum Gasteiger partial charge on any atom is -0.497 e. The van der Waals surface area contributed by atoms with E-state index in [2.05, 4.69) is 10.2 Å². The van der Waals surface area contributed by atoms with Crippen LogP contribution in [0.2, 0.25) is 0 Å². The van der Waals surface area contributed by atoms with E-state index in [1.165, 1.54) is 0 Å². The van der Waals surface area contributed by atoms with Crippen molar-refractivity contribution in [3.8, 4) is 5.75 Å². The van der Waals surface area contributed by atoms with E-state index in [0.29, 0.717) is 25.0 Å². The summed E-state index contributed by atoms with van der Waals surface area (Å²) in [6, 6.07) is 8.56. The number of ether oxygens (including phenoxy) is 2. The summed E-state index contributed by atoms with van der Waals surface area (Å²) in [5.74, 6) is 0.998. The minimum absolute atomic E-state index is 0.0403. The number of amides is 2. The van der Waals surface area contributed by atoms with Gasteiger partial charge in [0.15, 0.2) is 0 Å². The number of hydrogen-bond acceptors (Lipinski definition) is 5. The fraction of sp³-hybridized carbons (Fsp3) is 0.652. The van der Waals surface area contributed by atoms with Crippen molar-refractivity contribution >= 4 is 11.8 Å². The first kappa shape index (κ1) is 22.6. The molecule has 2 heterocycles. The van der Waals surface area contributed by atoms with Crippen molar-refractivity contribution in [3.63, 3.8) is 0 Å². The molecule has 0 atom stereocenters. The Bertz CT molecular complexity index is 680. The number of carbonyl (C=O) groups excluding carboxylic acids is 2. The number of likely N-dealkylation sites (tertiary alicyclic amines) is 1. The number of hydrogen-bond donors (Lipinski definition) is 1. The minimum atomic E-state index is 0.0403. The first-order chi connectivity index (χ1) is 14.6. The van der Waals surface area contributed by atoms with E-state index < -0.39 is 0 Å². The highest BCUT2D eigenvalue weighted by atomic mass is 16.5. The van der Waals surface area contributed by atoms with Gasteiger partial charge in [0.1, 0.15) is 5.75 Å². The fourth-order valence-electron chi connectivity index (χ4n) is 4.51. The molecule has 2 fully saturated rings. The Morgan fingerprint density at radius 1 is 1.10 bits per heavy atom. The Morgan fingerprint density at radius 3 is 2.33 bits per heavy atom. The second-order valence-electron chi connectivity index (χ2n) is 8.19. The van der Waals surface area contributed by atoms with Gasteiger partial charge in [-0.3, -0.25) is 14.5 Å². The maximum atomic E-state index is 12.4. The quantitative estimate of drug-likeness (QED) is 0.699. The van der Waals surface area contributed by atoms with Crippen molar-refractivity contribution in [2.45, 2.75) is 51.1 Å². The number of carbonyl (C=O) groups is 2. The monoisotopic (exact) mass is 417 g/mol. The van der Waals surface area contributed by atoms with Crippen LogP contribution in [0.25, 0.3) is 0 Å². The van der Waals surface area contributed by atoms with Gasteiger partial charge in [-0.05, 0) is 43.4 Å². The number of benzene rings is 1. The summed E-state index contributed by atoms with van der Waals surface area (Å²) in [4.78, 5) is 28.5. The zero-order valence-electron chi connectivity index (χ0n) is 18.3. The molecule has 0 bridgehead atoms. The number of piperidine rings is 1. The van der Waals surface area contributed by atoms with Gasteiger partial charge in [-0.1, -0.05) is 12.1 Å². The van der Waals surface area contributed by atoms with E-state index in [-0.39, 0.29) is 11.8 Å². The molecule has 1 aromatic rings. The molecule has 7 nitrogen and oxygen atoms in total. The maximum absolute atomic E-state index is 12.4.